The molecular weight excluding hydrogens is 352 g/mol. The van der Waals surface area contributed by atoms with E-state index < -0.39 is 0 Å². The van der Waals surface area contributed by atoms with Gasteiger partial charge in [0.2, 0.25) is 0 Å². The maximum absolute atomic E-state index is 12.3. The van der Waals surface area contributed by atoms with E-state index in [9.17, 15) is 4.79 Å². The quantitative estimate of drug-likeness (QED) is 0.552. The minimum absolute atomic E-state index is 0.101. The number of aromatic nitrogens is 6. The molecule has 1 saturated carbocycles. The molecule has 5 rings (SSSR count). The van der Waals surface area contributed by atoms with Crippen LogP contribution in [0.5, 0.6) is 0 Å². The predicted octanol–water partition coefficient (Wildman–Crippen LogP) is 3.91. The van der Waals surface area contributed by atoms with Crippen molar-refractivity contribution in [3.63, 3.8) is 0 Å². The zero-order chi connectivity index (χ0) is 20.9. The van der Waals surface area contributed by atoms with Crippen LogP contribution in [-0.2, 0) is 0 Å². The molecule has 0 unspecified atom stereocenters. The van der Waals surface area contributed by atoms with E-state index in [2.05, 4.69) is 52.6 Å². The molecule has 7 nitrogen and oxygen atoms in total. The van der Waals surface area contributed by atoms with Gasteiger partial charge in [-0.25, -0.2) is 9.97 Å². The SMILES string of the molecule is CC.[2H]n1ncc2c(=O)[nH]c([C@@H]3CC[C@H]3c3cn4cc(C)c(C)c(C)c4n3)nc21. The minimum Gasteiger partial charge on any atom is -0.310 e. The standard InChI is InChI=1S/C19H20N6O.C2H6/c1-9-7-25-8-15(21-18(25)11(3)10(9)2)12-4-5-13(12)16-22-17-14(6-20-24-17)19(26)23-16;1-2/h6-8,12-13H,4-5H2,1-3H3,(H2,20,22,23,24,26);1-2H3/t12-,13-;/m1./s1/i/hD. The first kappa shape index (κ1) is 17.2. The second-order valence-corrected chi connectivity index (χ2v) is 7.28. The summed E-state index contributed by atoms with van der Waals surface area (Å²) in [5.74, 6) is 0.941. The number of fused-ring (bicyclic) bond motifs is 2. The van der Waals surface area contributed by atoms with E-state index in [0.29, 0.717) is 16.9 Å². The van der Waals surface area contributed by atoms with Gasteiger partial charge >= 0.3 is 0 Å². The maximum Gasteiger partial charge on any atom is 0.262 e. The Kier molecular flexibility index (Phi) is 4.22. The molecule has 1 fully saturated rings. The third-order valence-corrected chi connectivity index (χ3v) is 5.87. The molecule has 4 heterocycles. The van der Waals surface area contributed by atoms with Crippen LogP contribution in [0.3, 0.4) is 0 Å². The lowest BCUT2D eigenvalue weighted by Gasteiger charge is -2.34. The average molecular weight is 379 g/mol. The lowest BCUT2D eigenvalue weighted by atomic mass is 9.71. The van der Waals surface area contributed by atoms with Crippen molar-refractivity contribution in [3.8, 4) is 0 Å². The lowest BCUT2D eigenvalue weighted by Crippen LogP contribution is -2.26. The summed E-state index contributed by atoms with van der Waals surface area (Å²) in [7, 11) is 0. The zero-order valence-corrected chi connectivity index (χ0v) is 16.9. The Bertz CT molecular complexity index is 1270. The molecule has 0 bridgehead atoms. The molecule has 2 atom stereocenters. The first-order valence-electron chi connectivity index (χ1n) is 10.3. The molecule has 4 aromatic rings. The summed E-state index contributed by atoms with van der Waals surface area (Å²) in [5, 5.41) is 5.07. The molecule has 0 spiro atoms. The van der Waals surface area contributed by atoms with Crippen LogP contribution in [-0.4, -0.2) is 29.5 Å². The molecule has 0 amide bonds. The molecular formula is C21H26N6O. The number of aryl methyl sites for hydroxylation is 2. The fraction of sp³-hybridized carbons (Fsp3) is 0.429. The van der Waals surface area contributed by atoms with Gasteiger partial charge in [-0.2, -0.15) is 5.10 Å². The minimum atomic E-state index is -0.240. The second kappa shape index (κ2) is 6.89. The van der Waals surface area contributed by atoms with Gasteiger partial charge in [0, 0.05) is 24.2 Å². The van der Waals surface area contributed by atoms with Crippen molar-refractivity contribution in [2.45, 2.75) is 59.3 Å². The second-order valence-electron chi connectivity index (χ2n) is 7.28. The zero-order valence-electron chi connectivity index (χ0n) is 17.9. The maximum atomic E-state index is 12.3. The molecule has 7 heteroatoms. The highest BCUT2D eigenvalue weighted by atomic mass is 16.1. The number of nitrogens with one attached hydrogen (secondary N) is 2. The number of aromatic amines is 2. The number of rotatable bonds is 2. The third-order valence-electron chi connectivity index (χ3n) is 5.87. The lowest BCUT2D eigenvalue weighted by molar-refractivity contribution is 0.327. The first-order chi connectivity index (χ1) is 13.9. The van der Waals surface area contributed by atoms with E-state index in [1.807, 2.05) is 13.8 Å². The van der Waals surface area contributed by atoms with Crippen molar-refractivity contribution < 1.29 is 1.41 Å². The normalized spacial score (nSPS) is 19.2. The topological polar surface area (TPSA) is 91.7 Å². The van der Waals surface area contributed by atoms with E-state index in [-0.39, 0.29) is 17.4 Å². The molecule has 28 heavy (non-hydrogen) atoms. The molecule has 1 aliphatic carbocycles. The van der Waals surface area contributed by atoms with E-state index in [0.717, 1.165) is 29.3 Å². The van der Waals surface area contributed by atoms with E-state index >= 15 is 0 Å². The Balaban J connectivity index is 0.000000994. The highest BCUT2D eigenvalue weighted by Crippen LogP contribution is 2.47. The fourth-order valence-electron chi connectivity index (χ4n) is 3.91. The van der Waals surface area contributed by atoms with E-state index in [1.165, 1.54) is 22.9 Å². The van der Waals surface area contributed by atoms with Crippen molar-refractivity contribution in [2.75, 3.05) is 0 Å². The van der Waals surface area contributed by atoms with Gasteiger partial charge in [0.25, 0.3) is 5.56 Å². The van der Waals surface area contributed by atoms with Crippen LogP contribution >= 0.6 is 0 Å². The molecule has 146 valence electrons. The van der Waals surface area contributed by atoms with Gasteiger partial charge in [0.05, 0.1) is 11.9 Å². The summed E-state index contributed by atoms with van der Waals surface area (Å²) in [5.41, 5.74) is 5.79. The van der Waals surface area contributed by atoms with Gasteiger partial charge in [-0.3, -0.25) is 9.89 Å². The Morgan fingerprint density at radius 2 is 1.86 bits per heavy atom. The Morgan fingerprint density at radius 1 is 1.11 bits per heavy atom. The number of hydrogen-bond acceptors (Lipinski definition) is 4. The molecule has 0 aromatic carbocycles. The molecule has 0 radical (unpaired) electrons. The van der Waals surface area contributed by atoms with Crippen molar-refractivity contribution in [3.05, 3.63) is 57.2 Å². The molecule has 0 aliphatic heterocycles. The van der Waals surface area contributed by atoms with E-state index in [4.69, 9.17) is 6.40 Å². The van der Waals surface area contributed by atoms with Gasteiger partial charge in [0.1, 0.15) is 16.9 Å². The van der Waals surface area contributed by atoms with Gasteiger partial charge in [0.15, 0.2) is 7.06 Å². The number of H-pyrrole nitrogens is 2. The predicted molar refractivity (Wildman–Crippen MR) is 110 cm³/mol. The number of hydrogen-bond donors (Lipinski definition) is 2. The largest absolute Gasteiger partial charge is 0.310 e. The fourth-order valence-corrected chi connectivity index (χ4v) is 3.91. The highest BCUT2D eigenvalue weighted by molar-refractivity contribution is 5.72. The molecule has 0 saturated heterocycles. The van der Waals surface area contributed by atoms with Gasteiger partial charge in [-0.05, 0) is 50.3 Å². The summed E-state index contributed by atoms with van der Waals surface area (Å²) in [4.78, 5) is 24.6. The van der Waals surface area contributed by atoms with Crippen molar-refractivity contribution >= 4 is 16.7 Å². The molecule has 1 aliphatic rings. The van der Waals surface area contributed by atoms with Crippen LogP contribution in [0.15, 0.2) is 23.4 Å². The first-order valence-corrected chi connectivity index (χ1v) is 9.86. The van der Waals surface area contributed by atoms with Crippen LogP contribution in [0.25, 0.3) is 16.7 Å². The summed E-state index contributed by atoms with van der Waals surface area (Å²) < 4.78 is 9.88. The Morgan fingerprint density at radius 3 is 2.57 bits per heavy atom. The summed E-state index contributed by atoms with van der Waals surface area (Å²) in [6.07, 6.45) is 7.54. The van der Waals surface area contributed by atoms with Gasteiger partial charge in [-0.15, -0.1) is 0 Å². The van der Waals surface area contributed by atoms with Crippen molar-refractivity contribution in [2.24, 2.45) is 0 Å². The van der Waals surface area contributed by atoms with Crippen LogP contribution in [0.1, 0.15) is 66.7 Å². The highest BCUT2D eigenvalue weighted by Gasteiger charge is 2.37. The number of imidazole rings is 1. The van der Waals surface area contributed by atoms with Crippen molar-refractivity contribution in [1.29, 1.82) is 0 Å². The Hall–Kier alpha value is -2.96. The van der Waals surface area contributed by atoms with Crippen LogP contribution < -0.4 is 5.56 Å². The Labute approximate surface area is 164 Å². The van der Waals surface area contributed by atoms with Crippen LogP contribution in [0, 0.1) is 20.8 Å². The van der Waals surface area contributed by atoms with Crippen LogP contribution in [0.2, 0.25) is 1.41 Å². The van der Waals surface area contributed by atoms with E-state index in [1.54, 1.807) is 0 Å². The number of nitrogens with zero attached hydrogens (tertiary/aromatic N) is 4. The average Bonchev–Trinajstić information content (AvgIpc) is 3.25. The van der Waals surface area contributed by atoms with Crippen molar-refractivity contribution in [1.82, 2.24) is 29.5 Å². The van der Waals surface area contributed by atoms with Crippen LogP contribution in [0.4, 0.5) is 0 Å². The molecule has 4 aromatic heterocycles. The molecule has 2 N–H and O–H groups in total. The third kappa shape index (κ3) is 2.73. The van der Waals surface area contributed by atoms with Gasteiger partial charge in [-0.1, -0.05) is 13.8 Å². The van der Waals surface area contributed by atoms with Gasteiger partial charge < -0.3 is 9.38 Å². The number of pyridine rings is 1. The monoisotopic (exact) mass is 379 g/mol. The smallest absolute Gasteiger partial charge is 0.262 e. The summed E-state index contributed by atoms with van der Waals surface area (Å²) >= 11 is 0. The summed E-state index contributed by atoms with van der Waals surface area (Å²) in [6, 6.07) is 0. The summed E-state index contributed by atoms with van der Waals surface area (Å²) in [6.45, 7) is 10.3.